The Bertz CT molecular complexity index is 734. The Hall–Kier alpha value is -3.13. The Kier molecular flexibility index (Phi) is 7.38. The molecule has 138 valence electrons. The molecule has 8 heteroatoms. The molecule has 2 rings (SSSR count). The van der Waals surface area contributed by atoms with Crippen LogP contribution in [0.5, 0.6) is 17.4 Å². The second-order valence-corrected chi connectivity index (χ2v) is 5.27. The van der Waals surface area contributed by atoms with Crippen molar-refractivity contribution in [3.8, 4) is 17.4 Å². The summed E-state index contributed by atoms with van der Waals surface area (Å²) in [6.45, 7) is 2.55. The summed E-state index contributed by atoms with van der Waals surface area (Å²) in [4.78, 5) is 26.8. The van der Waals surface area contributed by atoms with Gasteiger partial charge >= 0.3 is 0 Å². The van der Waals surface area contributed by atoms with Crippen LogP contribution in [0.1, 0.15) is 12.5 Å². The predicted molar refractivity (Wildman–Crippen MR) is 95.8 cm³/mol. The molecule has 0 radical (unpaired) electrons. The second-order valence-electron chi connectivity index (χ2n) is 5.27. The number of hydrogen-bond acceptors (Lipinski definition) is 6. The van der Waals surface area contributed by atoms with Crippen molar-refractivity contribution in [2.75, 3.05) is 19.7 Å². The van der Waals surface area contributed by atoms with E-state index in [-0.39, 0.29) is 24.9 Å². The molecule has 8 nitrogen and oxygen atoms in total. The van der Waals surface area contributed by atoms with Crippen LogP contribution in [0.4, 0.5) is 0 Å². The summed E-state index contributed by atoms with van der Waals surface area (Å²) < 4.78 is 11.1. The lowest BCUT2D eigenvalue weighted by Crippen LogP contribution is -2.39. The lowest BCUT2D eigenvalue weighted by Gasteiger charge is -2.09. The zero-order valence-electron chi connectivity index (χ0n) is 14.5. The van der Waals surface area contributed by atoms with E-state index in [1.165, 1.54) is 0 Å². The molecule has 0 saturated carbocycles. The number of nitrogens with two attached hydrogens (primary N) is 1. The molecule has 0 spiro atoms. The first-order valence-corrected chi connectivity index (χ1v) is 8.19. The van der Waals surface area contributed by atoms with E-state index in [0.29, 0.717) is 24.8 Å². The van der Waals surface area contributed by atoms with Crippen molar-refractivity contribution in [3.05, 3.63) is 48.2 Å². The highest BCUT2D eigenvalue weighted by Crippen LogP contribution is 2.22. The fourth-order valence-electron chi connectivity index (χ4n) is 2.02. The molecule has 26 heavy (non-hydrogen) atoms. The minimum Gasteiger partial charge on any atom is -0.494 e. The maximum atomic E-state index is 11.7. The highest BCUT2D eigenvalue weighted by Gasteiger charge is 2.05. The monoisotopic (exact) mass is 358 g/mol. The number of hydrogen-bond donors (Lipinski definition) is 3. The summed E-state index contributed by atoms with van der Waals surface area (Å²) in [6.07, 6.45) is 1.60. The van der Waals surface area contributed by atoms with Crippen LogP contribution in [-0.2, 0) is 16.1 Å². The van der Waals surface area contributed by atoms with Gasteiger partial charge in [0, 0.05) is 18.8 Å². The van der Waals surface area contributed by atoms with Crippen LogP contribution in [0.15, 0.2) is 42.6 Å². The molecule has 0 saturated heterocycles. The van der Waals surface area contributed by atoms with Crippen molar-refractivity contribution in [1.82, 2.24) is 15.6 Å². The van der Waals surface area contributed by atoms with Gasteiger partial charge in [0.2, 0.25) is 17.7 Å². The minimum atomic E-state index is -0.380. The van der Waals surface area contributed by atoms with Crippen molar-refractivity contribution in [2.24, 2.45) is 5.73 Å². The number of nitrogens with zero attached hydrogens (tertiary/aromatic N) is 1. The fourth-order valence-corrected chi connectivity index (χ4v) is 2.02. The number of carbonyl (C=O) groups excluding carboxylic acids is 2. The number of nitrogens with one attached hydrogen (secondary N) is 2. The lowest BCUT2D eigenvalue weighted by molar-refractivity contribution is -0.125. The molecule has 4 N–H and O–H groups in total. The van der Waals surface area contributed by atoms with Gasteiger partial charge in [-0.05, 0) is 42.8 Å². The Morgan fingerprint density at radius 3 is 2.50 bits per heavy atom. The average molecular weight is 358 g/mol. The van der Waals surface area contributed by atoms with Crippen LogP contribution in [-0.4, -0.2) is 36.5 Å². The van der Waals surface area contributed by atoms with Crippen molar-refractivity contribution >= 4 is 11.8 Å². The molecule has 0 aliphatic heterocycles. The number of amides is 2. The summed E-state index contributed by atoms with van der Waals surface area (Å²) in [5, 5.41) is 5.10. The quantitative estimate of drug-likeness (QED) is 0.615. The van der Waals surface area contributed by atoms with Gasteiger partial charge in [-0.3, -0.25) is 9.59 Å². The fraction of sp³-hybridized carbons (Fsp3) is 0.278. The first-order valence-electron chi connectivity index (χ1n) is 8.19. The van der Waals surface area contributed by atoms with Gasteiger partial charge in [-0.25, -0.2) is 4.98 Å². The van der Waals surface area contributed by atoms with Gasteiger partial charge in [-0.1, -0.05) is 0 Å². The summed E-state index contributed by atoms with van der Waals surface area (Å²) in [5.74, 6) is 1.13. The largest absolute Gasteiger partial charge is 0.494 e. The maximum Gasteiger partial charge on any atom is 0.239 e. The van der Waals surface area contributed by atoms with Crippen molar-refractivity contribution in [2.45, 2.75) is 13.5 Å². The van der Waals surface area contributed by atoms with Gasteiger partial charge in [-0.2, -0.15) is 0 Å². The Balaban J connectivity index is 1.87. The molecule has 1 aromatic carbocycles. The molecule has 0 atom stereocenters. The average Bonchev–Trinajstić information content (AvgIpc) is 2.66. The number of rotatable bonds is 9. The molecular formula is C18H22N4O4. The van der Waals surface area contributed by atoms with Gasteiger partial charge in [0.1, 0.15) is 11.5 Å². The van der Waals surface area contributed by atoms with Crippen molar-refractivity contribution in [1.29, 1.82) is 0 Å². The zero-order chi connectivity index (χ0) is 18.8. The third kappa shape index (κ3) is 6.40. The zero-order valence-corrected chi connectivity index (χ0v) is 14.5. The summed E-state index contributed by atoms with van der Waals surface area (Å²) in [6, 6.07) is 10.7. The molecule has 0 aliphatic carbocycles. The van der Waals surface area contributed by atoms with E-state index >= 15 is 0 Å². The van der Waals surface area contributed by atoms with E-state index in [2.05, 4.69) is 15.6 Å². The van der Waals surface area contributed by atoms with Crippen LogP contribution >= 0.6 is 0 Å². The first-order chi connectivity index (χ1) is 12.6. The van der Waals surface area contributed by atoms with Gasteiger partial charge in [0.15, 0.2) is 0 Å². The van der Waals surface area contributed by atoms with Crippen LogP contribution in [0, 0.1) is 0 Å². The van der Waals surface area contributed by atoms with Gasteiger partial charge in [0.05, 0.1) is 19.7 Å². The molecule has 0 bridgehead atoms. The van der Waals surface area contributed by atoms with Crippen LogP contribution in [0.3, 0.4) is 0 Å². The van der Waals surface area contributed by atoms with Crippen LogP contribution < -0.4 is 25.8 Å². The Morgan fingerprint density at radius 1 is 1.08 bits per heavy atom. The first kappa shape index (κ1) is 19.2. The molecule has 1 heterocycles. The normalized spacial score (nSPS) is 10.1. The van der Waals surface area contributed by atoms with Crippen molar-refractivity contribution < 1.29 is 19.1 Å². The third-order valence-corrected chi connectivity index (χ3v) is 3.28. The van der Waals surface area contributed by atoms with Gasteiger partial charge in [-0.15, -0.1) is 0 Å². The van der Waals surface area contributed by atoms with Gasteiger partial charge in [0.25, 0.3) is 0 Å². The smallest absolute Gasteiger partial charge is 0.239 e. The second kappa shape index (κ2) is 10.00. The summed E-state index contributed by atoms with van der Waals surface area (Å²) in [7, 11) is 0. The van der Waals surface area contributed by atoms with E-state index < -0.39 is 0 Å². The number of carbonyl (C=O) groups is 2. The van der Waals surface area contributed by atoms with Crippen LogP contribution in [0.25, 0.3) is 0 Å². The third-order valence-electron chi connectivity index (χ3n) is 3.28. The van der Waals surface area contributed by atoms with E-state index in [9.17, 15) is 9.59 Å². The number of aromatic nitrogens is 1. The molecule has 1 aromatic heterocycles. The number of ether oxygens (including phenoxy) is 2. The highest BCUT2D eigenvalue weighted by atomic mass is 16.5. The molecular weight excluding hydrogens is 336 g/mol. The SMILES string of the molecule is CCOc1ccc(Oc2cc(CNC(=O)CNC(=O)CN)ccn2)cc1. The lowest BCUT2D eigenvalue weighted by atomic mass is 10.2. The molecule has 0 fully saturated rings. The van der Waals surface area contributed by atoms with Crippen molar-refractivity contribution in [3.63, 3.8) is 0 Å². The number of benzene rings is 1. The molecule has 2 aromatic rings. The van der Waals surface area contributed by atoms with Crippen LogP contribution in [0.2, 0.25) is 0 Å². The van der Waals surface area contributed by atoms with E-state index in [4.69, 9.17) is 15.2 Å². The summed E-state index contributed by atoms with van der Waals surface area (Å²) >= 11 is 0. The number of pyridine rings is 1. The molecule has 0 unspecified atom stereocenters. The summed E-state index contributed by atoms with van der Waals surface area (Å²) in [5.41, 5.74) is 5.97. The standard InChI is InChI=1S/C18H22N4O4/c1-2-25-14-3-5-15(6-4-14)26-18-9-13(7-8-20-18)11-21-17(24)12-22-16(23)10-19/h3-9H,2,10-12,19H2,1H3,(H,21,24)(H,22,23). The molecule has 0 aliphatic rings. The van der Waals surface area contributed by atoms with E-state index in [0.717, 1.165) is 11.3 Å². The van der Waals surface area contributed by atoms with E-state index in [1.807, 2.05) is 19.1 Å². The topological polar surface area (TPSA) is 116 Å². The molecule has 2 amide bonds. The maximum absolute atomic E-state index is 11.7. The van der Waals surface area contributed by atoms with E-state index in [1.54, 1.807) is 30.5 Å². The highest BCUT2D eigenvalue weighted by molar-refractivity contribution is 5.85. The Labute approximate surface area is 151 Å². The minimum absolute atomic E-state index is 0.114. The predicted octanol–water partition coefficient (Wildman–Crippen LogP) is 0.964. The van der Waals surface area contributed by atoms with Gasteiger partial charge < -0.3 is 25.8 Å². The Morgan fingerprint density at radius 2 is 1.81 bits per heavy atom.